The Labute approximate surface area is 137 Å². The van der Waals surface area contributed by atoms with E-state index in [0.717, 1.165) is 11.1 Å². The van der Waals surface area contributed by atoms with Gasteiger partial charge in [0.25, 0.3) is 0 Å². The van der Waals surface area contributed by atoms with Gasteiger partial charge in [0.2, 0.25) is 0 Å². The molecule has 0 bridgehead atoms. The van der Waals surface area contributed by atoms with Gasteiger partial charge in [0, 0.05) is 6.42 Å². The van der Waals surface area contributed by atoms with E-state index in [4.69, 9.17) is 9.47 Å². The van der Waals surface area contributed by atoms with Crippen molar-refractivity contribution in [2.45, 2.75) is 53.4 Å². The zero-order chi connectivity index (χ0) is 17.5. The van der Waals surface area contributed by atoms with Crippen molar-refractivity contribution in [3.63, 3.8) is 0 Å². The van der Waals surface area contributed by atoms with E-state index in [1.54, 1.807) is 26.8 Å². The fourth-order valence-electron chi connectivity index (χ4n) is 2.79. The summed E-state index contributed by atoms with van der Waals surface area (Å²) in [6.07, 6.45) is 5.63. The van der Waals surface area contributed by atoms with Gasteiger partial charge >= 0.3 is 11.9 Å². The summed E-state index contributed by atoms with van der Waals surface area (Å²) in [6.45, 7) is 7.25. The second-order valence-corrected chi connectivity index (χ2v) is 5.86. The molecule has 0 heterocycles. The van der Waals surface area contributed by atoms with Crippen LogP contribution in [-0.2, 0) is 23.9 Å². The molecular weight excluding hydrogens is 296 g/mol. The van der Waals surface area contributed by atoms with E-state index in [2.05, 4.69) is 0 Å². The van der Waals surface area contributed by atoms with E-state index < -0.39 is 17.4 Å². The third-order valence-corrected chi connectivity index (χ3v) is 3.71. The Morgan fingerprint density at radius 1 is 1.17 bits per heavy atom. The smallest absolute Gasteiger partial charge is 0.327 e. The van der Waals surface area contributed by atoms with Gasteiger partial charge in [0.05, 0.1) is 13.2 Å². The molecule has 5 nitrogen and oxygen atoms in total. The highest BCUT2D eigenvalue weighted by Gasteiger charge is 2.49. The maximum atomic E-state index is 12.5. The van der Waals surface area contributed by atoms with Gasteiger partial charge in [-0.2, -0.15) is 0 Å². The molecule has 0 N–H and O–H groups in total. The highest BCUT2D eigenvalue weighted by atomic mass is 16.6. The van der Waals surface area contributed by atoms with Crippen LogP contribution in [0, 0.1) is 5.41 Å². The summed E-state index contributed by atoms with van der Waals surface area (Å²) < 4.78 is 10.3. The molecule has 0 saturated heterocycles. The Hall–Kier alpha value is -1.91. The first-order valence-corrected chi connectivity index (χ1v) is 8.05. The molecule has 0 aromatic heterocycles. The molecule has 0 atom stereocenters. The SMILES string of the molecule is CCOC(=O)C1(C(=O)OCC)C=C(C)C/C(=C\CCC(C)=O)C1. The molecular formula is C18H26O5. The number of carbonyl (C=O) groups is 3. The first-order valence-electron chi connectivity index (χ1n) is 8.05. The number of carbonyl (C=O) groups excluding carboxylic acids is 3. The molecule has 0 aromatic carbocycles. The highest BCUT2D eigenvalue weighted by molar-refractivity contribution is 6.03. The van der Waals surface area contributed by atoms with Gasteiger partial charge in [-0.15, -0.1) is 0 Å². The lowest BCUT2D eigenvalue weighted by atomic mass is 9.74. The molecule has 0 unspecified atom stereocenters. The van der Waals surface area contributed by atoms with Crippen LogP contribution in [0.1, 0.15) is 53.4 Å². The summed E-state index contributed by atoms with van der Waals surface area (Å²) in [4.78, 5) is 36.0. The average Bonchev–Trinajstić information content (AvgIpc) is 2.46. The van der Waals surface area contributed by atoms with Gasteiger partial charge in [-0.25, -0.2) is 0 Å². The predicted molar refractivity (Wildman–Crippen MR) is 86.7 cm³/mol. The molecule has 0 fully saturated rings. The number of ketones is 1. The minimum atomic E-state index is -1.41. The van der Waals surface area contributed by atoms with Crippen molar-refractivity contribution in [3.8, 4) is 0 Å². The number of Topliss-reactive ketones (excluding diaryl/α,β-unsaturated/α-hetero) is 1. The normalized spacial score (nSPS) is 18.3. The lowest BCUT2D eigenvalue weighted by Gasteiger charge is -2.31. The lowest BCUT2D eigenvalue weighted by molar-refractivity contribution is -0.168. The second-order valence-electron chi connectivity index (χ2n) is 5.86. The number of rotatable bonds is 7. The predicted octanol–water partition coefficient (Wildman–Crippen LogP) is 3.13. The Bertz CT molecular complexity index is 510. The van der Waals surface area contributed by atoms with E-state index in [1.807, 2.05) is 13.0 Å². The van der Waals surface area contributed by atoms with Crippen molar-refractivity contribution in [2.24, 2.45) is 5.41 Å². The Morgan fingerprint density at radius 2 is 1.74 bits per heavy atom. The highest BCUT2D eigenvalue weighted by Crippen LogP contribution is 2.40. The van der Waals surface area contributed by atoms with Gasteiger partial charge in [0.1, 0.15) is 5.78 Å². The van der Waals surface area contributed by atoms with E-state index in [-0.39, 0.29) is 25.4 Å². The monoisotopic (exact) mass is 322 g/mol. The molecule has 0 aromatic rings. The molecule has 1 rings (SSSR count). The van der Waals surface area contributed by atoms with E-state index in [1.165, 1.54) is 0 Å². The number of allylic oxidation sites excluding steroid dienone is 3. The van der Waals surface area contributed by atoms with Gasteiger partial charge < -0.3 is 14.3 Å². The first kappa shape index (κ1) is 19.1. The Morgan fingerprint density at radius 3 is 2.22 bits per heavy atom. The van der Waals surface area contributed by atoms with Crippen LogP contribution in [0.4, 0.5) is 0 Å². The molecule has 0 saturated carbocycles. The van der Waals surface area contributed by atoms with Crippen LogP contribution in [0.2, 0.25) is 0 Å². The summed E-state index contributed by atoms with van der Waals surface area (Å²) in [5.74, 6) is -1.03. The van der Waals surface area contributed by atoms with Gasteiger partial charge in [-0.05, 0) is 47.0 Å². The second kappa shape index (κ2) is 8.65. The van der Waals surface area contributed by atoms with E-state index in [9.17, 15) is 14.4 Å². The van der Waals surface area contributed by atoms with Crippen LogP contribution >= 0.6 is 0 Å². The van der Waals surface area contributed by atoms with E-state index in [0.29, 0.717) is 19.3 Å². The van der Waals surface area contributed by atoms with Crippen molar-refractivity contribution < 1.29 is 23.9 Å². The van der Waals surface area contributed by atoms with Gasteiger partial charge in [-0.3, -0.25) is 9.59 Å². The third-order valence-electron chi connectivity index (χ3n) is 3.71. The average molecular weight is 322 g/mol. The fraction of sp³-hybridized carbons (Fsp3) is 0.611. The van der Waals surface area contributed by atoms with Crippen molar-refractivity contribution in [1.29, 1.82) is 0 Å². The molecule has 1 aliphatic carbocycles. The molecule has 0 amide bonds. The van der Waals surface area contributed by atoms with E-state index >= 15 is 0 Å². The number of hydrogen-bond donors (Lipinski definition) is 0. The van der Waals surface area contributed by atoms with Crippen LogP contribution in [0.25, 0.3) is 0 Å². The first-order chi connectivity index (χ1) is 10.9. The van der Waals surface area contributed by atoms with Crippen molar-refractivity contribution in [2.75, 3.05) is 13.2 Å². The standard InChI is InChI=1S/C18H26O5/c1-5-22-16(20)18(17(21)23-6-2)11-13(3)10-15(12-18)9-7-8-14(4)19/h9,11H,5-8,10,12H2,1-4H3/b15-9+. The minimum Gasteiger partial charge on any atom is -0.465 e. The van der Waals surface area contributed by atoms with Crippen LogP contribution in [0.15, 0.2) is 23.3 Å². The van der Waals surface area contributed by atoms with Gasteiger partial charge in [-0.1, -0.05) is 23.3 Å². The van der Waals surface area contributed by atoms with Crippen LogP contribution in [0.5, 0.6) is 0 Å². The zero-order valence-corrected chi connectivity index (χ0v) is 14.4. The molecule has 5 heteroatoms. The maximum absolute atomic E-state index is 12.5. The lowest BCUT2D eigenvalue weighted by Crippen LogP contribution is -2.42. The molecule has 0 aliphatic heterocycles. The van der Waals surface area contributed by atoms with Crippen LogP contribution < -0.4 is 0 Å². The summed E-state index contributed by atoms with van der Waals surface area (Å²) in [6, 6.07) is 0. The molecule has 0 radical (unpaired) electrons. The Balaban J connectivity index is 3.12. The van der Waals surface area contributed by atoms with Gasteiger partial charge in [0.15, 0.2) is 5.41 Å². The summed E-state index contributed by atoms with van der Waals surface area (Å²) in [7, 11) is 0. The molecule has 1 aliphatic rings. The summed E-state index contributed by atoms with van der Waals surface area (Å²) in [5.41, 5.74) is 0.481. The molecule has 128 valence electrons. The fourth-order valence-corrected chi connectivity index (χ4v) is 2.79. The van der Waals surface area contributed by atoms with Crippen molar-refractivity contribution >= 4 is 17.7 Å². The third kappa shape index (κ3) is 5.05. The topological polar surface area (TPSA) is 69.7 Å². The van der Waals surface area contributed by atoms with Crippen LogP contribution in [0.3, 0.4) is 0 Å². The van der Waals surface area contributed by atoms with Crippen molar-refractivity contribution in [1.82, 2.24) is 0 Å². The van der Waals surface area contributed by atoms with Crippen molar-refractivity contribution in [3.05, 3.63) is 23.3 Å². The van der Waals surface area contributed by atoms with Crippen LogP contribution in [-0.4, -0.2) is 30.9 Å². The molecule has 23 heavy (non-hydrogen) atoms. The summed E-state index contributed by atoms with van der Waals surface area (Å²) in [5, 5.41) is 0. The summed E-state index contributed by atoms with van der Waals surface area (Å²) >= 11 is 0. The maximum Gasteiger partial charge on any atom is 0.327 e. The minimum absolute atomic E-state index is 0.118. The Kier molecular flexibility index (Phi) is 7.20. The number of esters is 2. The number of hydrogen-bond acceptors (Lipinski definition) is 5. The number of ether oxygens (including phenoxy) is 2. The zero-order valence-electron chi connectivity index (χ0n) is 14.4. The largest absolute Gasteiger partial charge is 0.465 e. The quantitative estimate of drug-likeness (QED) is 0.409. The molecule has 0 spiro atoms.